The van der Waals surface area contributed by atoms with E-state index < -0.39 is 11.4 Å². The average Bonchev–Trinajstić information content (AvgIpc) is 2.45. The van der Waals surface area contributed by atoms with Gasteiger partial charge < -0.3 is 10.6 Å². The highest BCUT2D eigenvalue weighted by Crippen LogP contribution is 2.30. The van der Waals surface area contributed by atoms with Crippen LogP contribution in [0.4, 0.5) is 4.39 Å². The van der Waals surface area contributed by atoms with Crippen LogP contribution in [0.15, 0.2) is 30.1 Å². The molecule has 20 heavy (non-hydrogen) atoms. The molecule has 1 aromatic heterocycles. The molecule has 0 saturated carbocycles. The van der Waals surface area contributed by atoms with Gasteiger partial charge in [-0.05, 0) is 37.9 Å². The maximum Gasteiger partial charge on any atom is 0.222 e. The van der Waals surface area contributed by atoms with Gasteiger partial charge in [-0.3, -0.25) is 0 Å². The quantitative estimate of drug-likeness (QED) is 0.868. The van der Waals surface area contributed by atoms with Crippen molar-refractivity contribution in [3.8, 4) is 0 Å². The Kier molecular flexibility index (Phi) is 4.40. The number of nitrogens with two attached hydrogens (primary N) is 1. The smallest absolute Gasteiger partial charge is 0.222 e. The molecular formula is C14H18ClFN4. The minimum Gasteiger partial charge on any atom is -0.372 e. The van der Waals surface area contributed by atoms with Crippen molar-refractivity contribution in [2.24, 2.45) is 5.73 Å². The molecule has 2 N–H and O–H groups in total. The molecule has 0 amide bonds. The molecule has 0 fully saturated rings. The third-order valence-electron chi connectivity index (χ3n) is 3.48. The molecule has 0 bridgehead atoms. The van der Waals surface area contributed by atoms with Gasteiger partial charge in [-0.1, -0.05) is 12.2 Å². The highest BCUT2D eigenvalue weighted by atomic mass is 35.5. The molecule has 0 aromatic carbocycles. The number of nitrogens with zero attached hydrogens (tertiary/aromatic N) is 3. The van der Waals surface area contributed by atoms with E-state index in [0.717, 1.165) is 25.0 Å². The number of halogens is 2. The third kappa shape index (κ3) is 2.83. The average molecular weight is 297 g/mol. The Bertz CT molecular complexity index is 554. The summed E-state index contributed by atoms with van der Waals surface area (Å²) in [4.78, 5) is 9.76. The van der Waals surface area contributed by atoms with Crippen LogP contribution < -0.4 is 5.73 Å². The van der Waals surface area contributed by atoms with Gasteiger partial charge in [-0.2, -0.15) is 0 Å². The summed E-state index contributed by atoms with van der Waals surface area (Å²) in [5.41, 5.74) is 6.50. The molecule has 0 aliphatic heterocycles. The van der Waals surface area contributed by atoms with Crippen LogP contribution in [0, 0.1) is 5.82 Å². The fraction of sp³-hybridized carbons (Fsp3) is 0.429. The number of rotatable bonds is 4. The van der Waals surface area contributed by atoms with E-state index in [-0.39, 0.29) is 11.0 Å². The fourth-order valence-electron chi connectivity index (χ4n) is 2.31. The van der Waals surface area contributed by atoms with Gasteiger partial charge in [0.15, 0.2) is 5.82 Å². The first-order valence-corrected chi connectivity index (χ1v) is 6.99. The standard InChI is InChI=1S/C14H18ClFN4/c1-3-20(4-2)10-5-7-14(17,8-6-10)12-11(16)9-18-13(15)19-12/h5-7,9H,3-4,8,17H2,1-2H3. The highest BCUT2D eigenvalue weighted by Gasteiger charge is 2.31. The lowest BCUT2D eigenvalue weighted by atomic mass is 9.87. The van der Waals surface area contributed by atoms with Gasteiger partial charge in [0.1, 0.15) is 5.69 Å². The van der Waals surface area contributed by atoms with Crippen molar-refractivity contribution < 1.29 is 4.39 Å². The number of aromatic nitrogens is 2. The van der Waals surface area contributed by atoms with E-state index in [1.165, 1.54) is 0 Å². The second kappa shape index (κ2) is 5.89. The zero-order chi connectivity index (χ0) is 14.8. The van der Waals surface area contributed by atoms with Gasteiger partial charge in [0.05, 0.1) is 11.7 Å². The SMILES string of the molecule is CCN(CC)C1=CCC(N)(c2nc(Cl)ncc2F)C=C1. The number of allylic oxidation sites excluding steroid dienone is 1. The molecule has 4 nitrogen and oxygen atoms in total. The van der Waals surface area contributed by atoms with E-state index >= 15 is 0 Å². The predicted octanol–water partition coefficient (Wildman–Crippen LogP) is 2.61. The largest absolute Gasteiger partial charge is 0.372 e. The van der Waals surface area contributed by atoms with Crippen molar-refractivity contribution in [3.63, 3.8) is 0 Å². The predicted molar refractivity (Wildman–Crippen MR) is 77.6 cm³/mol. The summed E-state index contributed by atoms with van der Waals surface area (Å²) in [6.07, 6.45) is 7.22. The monoisotopic (exact) mass is 296 g/mol. The molecule has 1 aliphatic carbocycles. The molecule has 0 radical (unpaired) electrons. The third-order valence-corrected chi connectivity index (χ3v) is 3.67. The lowest BCUT2D eigenvalue weighted by Gasteiger charge is -2.31. The summed E-state index contributed by atoms with van der Waals surface area (Å²) in [7, 11) is 0. The van der Waals surface area contributed by atoms with Crippen molar-refractivity contribution >= 4 is 11.6 Å². The number of hydrogen-bond acceptors (Lipinski definition) is 4. The van der Waals surface area contributed by atoms with Crippen molar-refractivity contribution in [1.29, 1.82) is 0 Å². The van der Waals surface area contributed by atoms with Crippen LogP contribution in [0.5, 0.6) is 0 Å². The van der Waals surface area contributed by atoms with Crippen LogP contribution in [0.1, 0.15) is 26.0 Å². The number of hydrogen-bond donors (Lipinski definition) is 1. The summed E-state index contributed by atoms with van der Waals surface area (Å²) >= 11 is 5.73. The molecule has 0 spiro atoms. The lowest BCUT2D eigenvalue weighted by molar-refractivity contribution is 0.383. The first-order valence-electron chi connectivity index (χ1n) is 6.62. The van der Waals surface area contributed by atoms with Crippen LogP contribution >= 0.6 is 11.6 Å². The summed E-state index contributed by atoms with van der Waals surface area (Å²) < 4.78 is 13.9. The molecule has 108 valence electrons. The van der Waals surface area contributed by atoms with Gasteiger partial charge in [0, 0.05) is 18.8 Å². The van der Waals surface area contributed by atoms with Gasteiger partial charge in [-0.15, -0.1) is 0 Å². The molecule has 1 unspecified atom stereocenters. The summed E-state index contributed by atoms with van der Waals surface area (Å²) in [6.45, 7) is 6.01. The second-order valence-corrected chi connectivity index (χ2v) is 5.05. The minimum absolute atomic E-state index is 0.00172. The van der Waals surface area contributed by atoms with Crippen LogP contribution in [-0.4, -0.2) is 28.0 Å². The second-order valence-electron chi connectivity index (χ2n) is 4.71. The van der Waals surface area contributed by atoms with Crippen LogP contribution in [0.2, 0.25) is 5.28 Å². The van der Waals surface area contributed by atoms with Gasteiger partial charge >= 0.3 is 0 Å². The van der Waals surface area contributed by atoms with Gasteiger partial charge in [0.25, 0.3) is 0 Å². The molecular weight excluding hydrogens is 279 g/mol. The Morgan fingerprint density at radius 1 is 1.45 bits per heavy atom. The fourth-order valence-corrected chi connectivity index (χ4v) is 2.45. The highest BCUT2D eigenvalue weighted by molar-refractivity contribution is 6.28. The topological polar surface area (TPSA) is 55.0 Å². The Morgan fingerprint density at radius 3 is 2.70 bits per heavy atom. The molecule has 6 heteroatoms. The van der Waals surface area contributed by atoms with Crippen LogP contribution in [-0.2, 0) is 5.54 Å². The first kappa shape index (κ1) is 14.9. The normalized spacial score (nSPS) is 21.8. The Hall–Kier alpha value is -1.46. The Labute approximate surface area is 123 Å². The van der Waals surface area contributed by atoms with Crippen LogP contribution in [0.25, 0.3) is 0 Å². The molecule has 1 heterocycles. The summed E-state index contributed by atoms with van der Waals surface area (Å²) in [6, 6.07) is 0. The van der Waals surface area contributed by atoms with E-state index in [0.29, 0.717) is 6.42 Å². The molecule has 0 saturated heterocycles. The summed E-state index contributed by atoms with van der Waals surface area (Å²) in [5.74, 6) is -0.541. The van der Waals surface area contributed by atoms with Crippen molar-refractivity contribution in [2.45, 2.75) is 25.8 Å². The maximum atomic E-state index is 13.9. The number of likely N-dealkylation sites (N-methyl/N-ethyl adjacent to an activating group) is 1. The molecule has 1 aromatic rings. The maximum absolute atomic E-state index is 13.9. The van der Waals surface area contributed by atoms with E-state index in [4.69, 9.17) is 17.3 Å². The van der Waals surface area contributed by atoms with E-state index in [2.05, 4.69) is 28.7 Å². The van der Waals surface area contributed by atoms with Crippen molar-refractivity contribution in [1.82, 2.24) is 14.9 Å². The molecule has 2 rings (SSSR count). The Morgan fingerprint density at radius 2 is 2.15 bits per heavy atom. The zero-order valence-electron chi connectivity index (χ0n) is 11.6. The van der Waals surface area contributed by atoms with Crippen molar-refractivity contribution in [3.05, 3.63) is 46.9 Å². The van der Waals surface area contributed by atoms with E-state index in [1.807, 2.05) is 12.2 Å². The zero-order valence-corrected chi connectivity index (χ0v) is 12.4. The minimum atomic E-state index is -0.979. The molecule has 1 aliphatic rings. The lowest BCUT2D eigenvalue weighted by Crippen LogP contribution is -2.38. The van der Waals surface area contributed by atoms with Crippen molar-refractivity contribution in [2.75, 3.05) is 13.1 Å². The van der Waals surface area contributed by atoms with E-state index in [9.17, 15) is 4.39 Å². The van der Waals surface area contributed by atoms with E-state index in [1.54, 1.807) is 6.08 Å². The Balaban J connectivity index is 2.28. The summed E-state index contributed by atoms with van der Waals surface area (Å²) in [5, 5.41) is -0.00172. The van der Waals surface area contributed by atoms with Gasteiger partial charge in [0.2, 0.25) is 5.28 Å². The molecule has 1 atom stereocenters. The van der Waals surface area contributed by atoms with Gasteiger partial charge in [-0.25, -0.2) is 14.4 Å². The first-order chi connectivity index (χ1) is 9.50. The van der Waals surface area contributed by atoms with Crippen LogP contribution in [0.3, 0.4) is 0 Å².